The van der Waals surface area contributed by atoms with Crippen LogP contribution in [0.15, 0.2) is 30.7 Å². The molecule has 2 aromatic heterocycles. The highest BCUT2D eigenvalue weighted by Gasteiger charge is 2.17. The number of fused-ring (bicyclic) bond motifs is 1. The summed E-state index contributed by atoms with van der Waals surface area (Å²) in [6.07, 6.45) is 4.27. The molecule has 3 rings (SSSR count). The second-order valence-corrected chi connectivity index (χ2v) is 6.14. The molecule has 1 unspecified atom stereocenters. The standard InChI is InChI=1S/C15H16N4OS/c1-3-11(15-16-7-9(2)21-15)19-14(20)10-4-5-12-13(6-10)18-8-17-12/h4-8,11H,3H2,1-2H3,(H,17,18)(H,19,20). The summed E-state index contributed by atoms with van der Waals surface area (Å²) in [5.74, 6) is -0.0915. The van der Waals surface area contributed by atoms with Gasteiger partial charge in [0.1, 0.15) is 5.01 Å². The first-order chi connectivity index (χ1) is 10.2. The molecule has 2 N–H and O–H groups in total. The summed E-state index contributed by atoms with van der Waals surface area (Å²) in [7, 11) is 0. The van der Waals surface area contributed by atoms with E-state index in [0.29, 0.717) is 5.56 Å². The highest BCUT2D eigenvalue weighted by atomic mass is 32.1. The van der Waals surface area contributed by atoms with Gasteiger partial charge < -0.3 is 10.3 Å². The third-order valence-electron chi connectivity index (χ3n) is 3.33. The number of rotatable bonds is 4. The molecule has 108 valence electrons. The fraction of sp³-hybridized carbons (Fsp3) is 0.267. The van der Waals surface area contributed by atoms with Crippen molar-refractivity contribution in [2.45, 2.75) is 26.3 Å². The predicted molar refractivity (Wildman–Crippen MR) is 83.4 cm³/mol. The normalized spacial score (nSPS) is 12.5. The minimum atomic E-state index is -0.0915. The number of carbonyl (C=O) groups is 1. The minimum Gasteiger partial charge on any atom is -0.345 e. The molecular formula is C15H16N4OS. The first-order valence-corrected chi connectivity index (χ1v) is 7.65. The molecule has 0 aliphatic carbocycles. The van der Waals surface area contributed by atoms with Gasteiger partial charge in [0.25, 0.3) is 5.91 Å². The van der Waals surface area contributed by atoms with E-state index in [1.807, 2.05) is 32.2 Å². The Morgan fingerprint density at radius 2 is 2.29 bits per heavy atom. The van der Waals surface area contributed by atoms with Crippen LogP contribution in [-0.4, -0.2) is 20.9 Å². The molecule has 0 bridgehead atoms. The third kappa shape index (κ3) is 2.80. The maximum absolute atomic E-state index is 12.4. The highest BCUT2D eigenvalue weighted by Crippen LogP contribution is 2.22. The van der Waals surface area contributed by atoms with E-state index in [2.05, 4.69) is 20.3 Å². The number of aromatic amines is 1. The van der Waals surface area contributed by atoms with Gasteiger partial charge in [-0.25, -0.2) is 9.97 Å². The zero-order valence-electron chi connectivity index (χ0n) is 11.9. The number of hydrogen-bond donors (Lipinski definition) is 2. The van der Waals surface area contributed by atoms with E-state index >= 15 is 0 Å². The van der Waals surface area contributed by atoms with E-state index in [9.17, 15) is 4.79 Å². The van der Waals surface area contributed by atoms with Gasteiger partial charge in [-0.1, -0.05) is 6.92 Å². The van der Waals surface area contributed by atoms with E-state index in [1.54, 1.807) is 23.7 Å². The summed E-state index contributed by atoms with van der Waals surface area (Å²) in [5.41, 5.74) is 2.34. The first-order valence-electron chi connectivity index (χ1n) is 6.83. The van der Waals surface area contributed by atoms with E-state index in [4.69, 9.17) is 0 Å². The van der Waals surface area contributed by atoms with Gasteiger partial charge in [-0.05, 0) is 31.5 Å². The number of benzene rings is 1. The first kappa shape index (κ1) is 13.8. The van der Waals surface area contributed by atoms with Crippen molar-refractivity contribution in [1.29, 1.82) is 0 Å². The van der Waals surface area contributed by atoms with Gasteiger partial charge in [0.15, 0.2) is 0 Å². The van der Waals surface area contributed by atoms with Crippen molar-refractivity contribution in [2.24, 2.45) is 0 Å². The van der Waals surface area contributed by atoms with Crippen LogP contribution < -0.4 is 5.32 Å². The van der Waals surface area contributed by atoms with Crippen LogP contribution >= 0.6 is 11.3 Å². The quantitative estimate of drug-likeness (QED) is 0.777. The summed E-state index contributed by atoms with van der Waals surface area (Å²) in [6.45, 7) is 4.06. The van der Waals surface area contributed by atoms with Crippen LogP contribution in [-0.2, 0) is 0 Å². The van der Waals surface area contributed by atoms with Crippen LogP contribution in [0, 0.1) is 6.92 Å². The van der Waals surface area contributed by atoms with E-state index < -0.39 is 0 Å². The molecule has 5 nitrogen and oxygen atoms in total. The maximum atomic E-state index is 12.4. The molecule has 0 aliphatic heterocycles. The van der Waals surface area contributed by atoms with E-state index in [1.165, 1.54) is 0 Å². The molecule has 21 heavy (non-hydrogen) atoms. The minimum absolute atomic E-state index is 0.0475. The zero-order chi connectivity index (χ0) is 14.8. The van der Waals surface area contributed by atoms with Gasteiger partial charge in [0.05, 0.1) is 23.4 Å². The van der Waals surface area contributed by atoms with Gasteiger partial charge in [-0.2, -0.15) is 0 Å². The Labute approximate surface area is 126 Å². The van der Waals surface area contributed by atoms with Gasteiger partial charge in [0.2, 0.25) is 0 Å². The topological polar surface area (TPSA) is 70.7 Å². The highest BCUT2D eigenvalue weighted by molar-refractivity contribution is 7.11. The Kier molecular flexibility index (Phi) is 3.70. The number of thiazole rings is 1. The second kappa shape index (κ2) is 5.65. The van der Waals surface area contributed by atoms with Crippen LogP contribution in [0.3, 0.4) is 0 Å². The summed E-state index contributed by atoms with van der Waals surface area (Å²) >= 11 is 1.62. The molecule has 0 spiro atoms. The molecule has 1 atom stereocenters. The average molecular weight is 300 g/mol. The fourth-order valence-corrected chi connectivity index (χ4v) is 3.10. The molecule has 0 saturated heterocycles. The maximum Gasteiger partial charge on any atom is 0.251 e. The molecule has 6 heteroatoms. The van der Waals surface area contributed by atoms with Crippen LogP contribution in [0.5, 0.6) is 0 Å². The SMILES string of the molecule is CCC(NC(=O)c1ccc2nc[nH]c2c1)c1ncc(C)s1. The fourth-order valence-electron chi connectivity index (χ4n) is 2.19. The lowest BCUT2D eigenvalue weighted by Gasteiger charge is -2.14. The number of aromatic nitrogens is 3. The summed E-state index contributed by atoms with van der Waals surface area (Å²) in [6, 6.07) is 5.40. The molecule has 0 aliphatic rings. The molecule has 2 heterocycles. The number of nitrogens with one attached hydrogen (secondary N) is 2. The molecule has 0 saturated carbocycles. The number of H-pyrrole nitrogens is 1. The molecule has 1 amide bonds. The number of hydrogen-bond acceptors (Lipinski definition) is 4. The summed E-state index contributed by atoms with van der Waals surface area (Å²) < 4.78 is 0. The lowest BCUT2D eigenvalue weighted by Crippen LogP contribution is -2.28. The number of amides is 1. The third-order valence-corrected chi connectivity index (χ3v) is 4.36. The van der Waals surface area contributed by atoms with Gasteiger partial charge in [-0.3, -0.25) is 4.79 Å². The smallest absolute Gasteiger partial charge is 0.251 e. The second-order valence-electron chi connectivity index (χ2n) is 4.88. The Morgan fingerprint density at radius 3 is 3.00 bits per heavy atom. The van der Waals surface area contributed by atoms with E-state index in [-0.39, 0.29) is 11.9 Å². The Morgan fingerprint density at radius 1 is 1.43 bits per heavy atom. The monoisotopic (exact) mass is 300 g/mol. The molecule has 1 aromatic carbocycles. The summed E-state index contributed by atoms with van der Waals surface area (Å²) in [4.78, 5) is 25.1. The van der Waals surface area contributed by atoms with Crippen LogP contribution in [0.1, 0.15) is 39.6 Å². The predicted octanol–water partition coefficient (Wildman–Crippen LogP) is 3.21. The number of nitrogens with zero attached hydrogens (tertiary/aromatic N) is 2. The number of aryl methyl sites for hydroxylation is 1. The molecule has 0 fully saturated rings. The van der Waals surface area contributed by atoms with Crippen molar-refractivity contribution in [2.75, 3.05) is 0 Å². The van der Waals surface area contributed by atoms with Crippen LogP contribution in [0.2, 0.25) is 0 Å². The van der Waals surface area contributed by atoms with Gasteiger partial charge in [-0.15, -0.1) is 11.3 Å². The Bertz CT molecular complexity index is 777. The van der Waals surface area contributed by atoms with E-state index in [0.717, 1.165) is 27.3 Å². The van der Waals surface area contributed by atoms with Gasteiger partial charge in [0, 0.05) is 16.6 Å². The summed E-state index contributed by atoms with van der Waals surface area (Å²) in [5, 5.41) is 3.99. The van der Waals surface area contributed by atoms with Crippen molar-refractivity contribution >= 4 is 28.3 Å². The molecule has 0 radical (unpaired) electrons. The molecule has 3 aromatic rings. The number of carbonyl (C=O) groups excluding carboxylic acids is 1. The largest absolute Gasteiger partial charge is 0.345 e. The van der Waals surface area contributed by atoms with Crippen molar-refractivity contribution in [3.8, 4) is 0 Å². The molecular weight excluding hydrogens is 284 g/mol. The van der Waals surface area contributed by atoms with Crippen molar-refractivity contribution in [3.05, 3.63) is 46.2 Å². The van der Waals surface area contributed by atoms with Crippen LogP contribution in [0.4, 0.5) is 0 Å². The zero-order valence-corrected chi connectivity index (χ0v) is 12.7. The van der Waals surface area contributed by atoms with Crippen molar-refractivity contribution < 1.29 is 4.79 Å². The van der Waals surface area contributed by atoms with Gasteiger partial charge >= 0.3 is 0 Å². The average Bonchev–Trinajstić information content (AvgIpc) is 3.12. The Balaban J connectivity index is 1.80. The van der Waals surface area contributed by atoms with Crippen LogP contribution in [0.25, 0.3) is 11.0 Å². The van der Waals surface area contributed by atoms with Crippen molar-refractivity contribution in [3.63, 3.8) is 0 Å². The Hall–Kier alpha value is -2.21. The number of imidazole rings is 1. The lowest BCUT2D eigenvalue weighted by atomic mass is 10.1. The van der Waals surface area contributed by atoms with Crippen molar-refractivity contribution in [1.82, 2.24) is 20.3 Å². The lowest BCUT2D eigenvalue weighted by molar-refractivity contribution is 0.0935.